The van der Waals surface area contributed by atoms with Gasteiger partial charge in [0.25, 0.3) is 0 Å². The zero-order chi connectivity index (χ0) is 14.9. The second-order valence-electron chi connectivity index (χ2n) is 6.93. The summed E-state index contributed by atoms with van der Waals surface area (Å²) in [6.45, 7) is 6.53. The first-order valence-electron chi connectivity index (χ1n) is 7.14. The maximum atomic E-state index is 12.1. The molecular weight excluding hydrogens is 268 g/mol. The molecule has 2 aromatic carbocycles. The van der Waals surface area contributed by atoms with Crippen molar-refractivity contribution in [2.75, 3.05) is 6.79 Å². The van der Waals surface area contributed by atoms with Crippen molar-refractivity contribution in [3.63, 3.8) is 0 Å². The van der Waals surface area contributed by atoms with Crippen LogP contribution in [0.15, 0.2) is 21.7 Å². The Kier molecular flexibility index (Phi) is 2.26. The predicted octanol–water partition coefficient (Wildman–Crippen LogP) is 2.36. The Labute approximate surface area is 122 Å². The van der Waals surface area contributed by atoms with E-state index >= 15 is 0 Å². The van der Waals surface area contributed by atoms with Gasteiger partial charge in [-0.3, -0.25) is 9.59 Å². The van der Waals surface area contributed by atoms with Gasteiger partial charge in [-0.25, -0.2) is 0 Å². The number of ether oxygens (including phenoxy) is 2. The fourth-order valence-corrected chi connectivity index (χ4v) is 3.46. The Morgan fingerprint density at radius 1 is 1.05 bits per heavy atom. The summed E-state index contributed by atoms with van der Waals surface area (Å²) in [5, 5.41) is 0. The van der Waals surface area contributed by atoms with Crippen molar-refractivity contribution in [2.45, 2.75) is 33.1 Å². The zero-order valence-corrected chi connectivity index (χ0v) is 12.3. The van der Waals surface area contributed by atoms with Gasteiger partial charge in [0.1, 0.15) is 0 Å². The third kappa shape index (κ3) is 1.56. The Bertz CT molecular complexity index is 832. The predicted molar refractivity (Wildman–Crippen MR) is 78.8 cm³/mol. The van der Waals surface area contributed by atoms with E-state index in [2.05, 4.69) is 20.8 Å². The lowest BCUT2D eigenvalue weighted by Gasteiger charge is -2.37. The Balaban J connectivity index is 1.97. The number of fused-ring (bicyclic) bond motifs is 4. The monoisotopic (exact) mass is 284 g/mol. The second kappa shape index (κ2) is 3.75. The van der Waals surface area contributed by atoms with Crippen LogP contribution in [0.25, 0.3) is 11.1 Å². The van der Waals surface area contributed by atoms with Crippen molar-refractivity contribution in [1.29, 1.82) is 0 Å². The summed E-state index contributed by atoms with van der Waals surface area (Å²) in [4.78, 5) is 24.1. The molecule has 0 spiro atoms. The van der Waals surface area contributed by atoms with E-state index in [1.165, 1.54) is 0 Å². The van der Waals surface area contributed by atoms with Gasteiger partial charge in [0.15, 0.2) is 11.5 Å². The topological polar surface area (TPSA) is 52.6 Å². The standard InChI is InChI=1S/C17H16O4/c1-17(2,3)10-4-8-5-11-12(21-7-20-11)6-9(8)13-14(10)16(19)15(13)18/h5-6,10H,4,7H2,1-3H3. The van der Waals surface area contributed by atoms with Crippen molar-refractivity contribution < 1.29 is 9.47 Å². The molecule has 0 radical (unpaired) electrons. The van der Waals surface area contributed by atoms with E-state index in [4.69, 9.17) is 9.47 Å². The van der Waals surface area contributed by atoms with Gasteiger partial charge in [-0.15, -0.1) is 0 Å². The van der Waals surface area contributed by atoms with Gasteiger partial charge >= 0.3 is 0 Å². The van der Waals surface area contributed by atoms with Crippen molar-refractivity contribution in [2.24, 2.45) is 5.41 Å². The van der Waals surface area contributed by atoms with Crippen LogP contribution in [0.2, 0.25) is 0 Å². The van der Waals surface area contributed by atoms with Crippen LogP contribution in [0.3, 0.4) is 0 Å². The van der Waals surface area contributed by atoms with Crippen LogP contribution in [-0.4, -0.2) is 6.79 Å². The molecule has 0 saturated heterocycles. The summed E-state index contributed by atoms with van der Waals surface area (Å²) in [5.41, 5.74) is 2.48. The molecule has 1 unspecified atom stereocenters. The maximum Gasteiger partial charge on any atom is 0.234 e. The molecule has 4 nitrogen and oxygen atoms in total. The molecule has 108 valence electrons. The van der Waals surface area contributed by atoms with E-state index in [0.29, 0.717) is 16.9 Å². The summed E-state index contributed by atoms with van der Waals surface area (Å²) in [6.07, 6.45) is 0.757. The van der Waals surface area contributed by atoms with Crippen LogP contribution in [0.1, 0.15) is 37.8 Å². The van der Waals surface area contributed by atoms with Crippen LogP contribution in [0.5, 0.6) is 11.5 Å². The van der Waals surface area contributed by atoms with E-state index in [9.17, 15) is 9.59 Å². The van der Waals surface area contributed by atoms with Crippen LogP contribution < -0.4 is 20.3 Å². The first-order chi connectivity index (χ1) is 9.88. The summed E-state index contributed by atoms with van der Waals surface area (Å²) >= 11 is 0. The Morgan fingerprint density at radius 2 is 1.71 bits per heavy atom. The molecule has 0 amide bonds. The summed E-state index contributed by atoms with van der Waals surface area (Å²) < 4.78 is 10.8. The Hall–Kier alpha value is -2.10. The van der Waals surface area contributed by atoms with Crippen LogP contribution in [-0.2, 0) is 6.42 Å². The summed E-state index contributed by atoms with van der Waals surface area (Å²) in [6, 6.07) is 3.80. The molecule has 0 saturated carbocycles. The smallest absolute Gasteiger partial charge is 0.234 e. The van der Waals surface area contributed by atoms with Crippen molar-refractivity contribution >= 4 is 0 Å². The van der Waals surface area contributed by atoms with E-state index in [-0.39, 0.29) is 29.0 Å². The van der Waals surface area contributed by atoms with Gasteiger partial charge in [0.2, 0.25) is 17.7 Å². The van der Waals surface area contributed by atoms with E-state index < -0.39 is 0 Å². The number of rotatable bonds is 0. The molecule has 0 N–H and O–H groups in total. The largest absolute Gasteiger partial charge is 0.454 e. The highest BCUT2D eigenvalue weighted by molar-refractivity contribution is 5.79. The lowest BCUT2D eigenvalue weighted by molar-refractivity contribution is 0.174. The zero-order valence-electron chi connectivity index (χ0n) is 12.3. The quantitative estimate of drug-likeness (QED) is 0.697. The molecule has 21 heavy (non-hydrogen) atoms. The fourth-order valence-electron chi connectivity index (χ4n) is 3.46. The molecule has 0 bridgehead atoms. The average molecular weight is 284 g/mol. The van der Waals surface area contributed by atoms with E-state index in [0.717, 1.165) is 23.3 Å². The third-order valence-corrected chi connectivity index (χ3v) is 4.63. The van der Waals surface area contributed by atoms with Gasteiger partial charge in [-0.05, 0) is 41.0 Å². The fraction of sp³-hybridized carbons (Fsp3) is 0.412. The molecule has 4 heteroatoms. The number of hydrogen-bond donors (Lipinski definition) is 0. The summed E-state index contributed by atoms with van der Waals surface area (Å²) in [5.74, 6) is 1.45. The molecule has 0 aromatic heterocycles. The van der Waals surface area contributed by atoms with Gasteiger partial charge in [-0.2, -0.15) is 0 Å². The molecular formula is C17H16O4. The molecule has 0 fully saturated rings. The van der Waals surface area contributed by atoms with E-state index in [1.807, 2.05) is 12.1 Å². The lowest BCUT2D eigenvalue weighted by atomic mass is 9.65. The Morgan fingerprint density at radius 3 is 2.38 bits per heavy atom. The highest BCUT2D eigenvalue weighted by Crippen LogP contribution is 2.48. The molecule has 2 aliphatic rings. The van der Waals surface area contributed by atoms with Gasteiger partial charge in [0.05, 0.1) is 0 Å². The minimum absolute atomic E-state index is 0.0645. The highest BCUT2D eigenvalue weighted by Gasteiger charge is 2.40. The van der Waals surface area contributed by atoms with Crippen molar-refractivity contribution in [3.8, 4) is 22.6 Å². The van der Waals surface area contributed by atoms with Crippen LogP contribution in [0, 0.1) is 5.41 Å². The van der Waals surface area contributed by atoms with Crippen molar-refractivity contribution in [1.82, 2.24) is 0 Å². The highest BCUT2D eigenvalue weighted by atomic mass is 16.7. The second-order valence-corrected chi connectivity index (χ2v) is 6.93. The average Bonchev–Trinajstić information content (AvgIpc) is 2.87. The van der Waals surface area contributed by atoms with Crippen molar-refractivity contribution in [3.05, 3.63) is 43.7 Å². The van der Waals surface area contributed by atoms with Gasteiger partial charge < -0.3 is 9.47 Å². The molecule has 1 aliphatic carbocycles. The molecule has 1 heterocycles. The molecule has 2 aromatic rings. The minimum Gasteiger partial charge on any atom is -0.454 e. The van der Waals surface area contributed by atoms with Gasteiger partial charge in [0, 0.05) is 11.1 Å². The minimum atomic E-state index is -0.362. The first-order valence-corrected chi connectivity index (χ1v) is 7.14. The SMILES string of the molecule is CC(C)(C)C1Cc2cc3c(cc2-c2c1c(=O)c2=O)OCO3. The normalized spacial score (nSPS) is 19.5. The van der Waals surface area contributed by atoms with Gasteiger partial charge in [-0.1, -0.05) is 20.8 Å². The molecule has 1 atom stereocenters. The first kappa shape index (κ1) is 12.6. The number of hydrogen-bond acceptors (Lipinski definition) is 4. The third-order valence-electron chi connectivity index (χ3n) is 4.63. The summed E-state index contributed by atoms with van der Waals surface area (Å²) in [7, 11) is 0. The van der Waals surface area contributed by atoms with E-state index in [1.54, 1.807) is 0 Å². The maximum absolute atomic E-state index is 12.1. The van der Waals surface area contributed by atoms with Crippen LogP contribution in [0.4, 0.5) is 0 Å². The molecule has 1 aliphatic heterocycles. The number of benzene rings is 1. The molecule has 4 rings (SSSR count). The lowest BCUT2D eigenvalue weighted by Crippen LogP contribution is -2.44. The van der Waals surface area contributed by atoms with Crippen LogP contribution >= 0.6 is 0 Å².